The highest BCUT2D eigenvalue weighted by atomic mass is 16.5. The zero-order valence-electron chi connectivity index (χ0n) is 15.1. The van der Waals surface area contributed by atoms with E-state index in [4.69, 9.17) is 4.74 Å². The minimum atomic E-state index is -0.0875. The highest BCUT2D eigenvalue weighted by molar-refractivity contribution is 5.94. The lowest BCUT2D eigenvalue weighted by atomic mass is 10.1. The molecule has 1 heterocycles. The largest absolute Gasteiger partial charge is 0.489 e. The van der Waals surface area contributed by atoms with Gasteiger partial charge in [-0.2, -0.15) is 0 Å². The number of carbonyl (C=O) groups is 1. The number of rotatable bonds is 6. The summed E-state index contributed by atoms with van der Waals surface area (Å²) in [4.78, 5) is 15.2. The van der Waals surface area contributed by atoms with Crippen molar-refractivity contribution in [3.05, 3.63) is 94.8 Å². The van der Waals surface area contributed by atoms with Crippen LogP contribution in [0, 0.1) is 13.8 Å². The average molecular weight is 347 g/mol. The number of pyridine rings is 1. The summed E-state index contributed by atoms with van der Waals surface area (Å²) in [5.41, 5.74) is 5.16. The van der Waals surface area contributed by atoms with Crippen LogP contribution in [0.1, 0.15) is 32.6 Å². The van der Waals surface area contributed by atoms with Crippen molar-refractivity contribution in [2.75, 3.05) is 0 Å². The normalized spacial score (nSPS) is 10.4. The van der Waals surface area contributed by atoms with E-state index in [0.717, 1.165) is 16.9 Å². The first kappa shape index (κ1) is 17.7. The van der Waals surface area contributed by atoms with Crippen LogP contribution in [-0.2, 0) is 13.2 Å². The van der Waals surface area contributed by atoms with Gasteiger partial charge in [-0.25, -0.2) is 4.98 Å². The number of ether oxygens (including phenoxy) is 1. The Morgan fingerprint density at radius 2 is 1.81 bits per heavy atom. The maximum atomic E-state index is 12.2. The molecule has 26 heavy (non-hydrogen) atoms. The van der Waals surface area contributed by atoms with Gasteiger partial charge in [0.25, 0.3) is 5.91 Å². The van der Waals surface area contributed by atoms with Crippen molar-refractivity contribution in [3.8, 4) is 5.75 Å². The quantitative estimate of drug-likeness (QED) is 0.740. The molecule has 3 aromatic rings. The SMILES string of the molecule is Cc1ccc(OCc2ccc(C(=O)NCc3ccc[nH+]c3)cc2)cc1C. The number of aryl methyl sites for hydroxylation is 2. The molecule has 2 aromatic carbocycles. The molecule has 0 radical (unpaired) electrons. The van der Waals surface area contributed by atoms with E-state index in [1.165, 1.54) is 11.1 Å². The topological polar surface area (TPSA) is 52.5 Å². The smallest absolute Gasteiger partial charge is 0.251 e. The maximum absolute atomic E-state index is 12.2. The molecular formula is C22H23N2O2+. The third-order valence-electron chi connectivity index (χ3n) is 4.32. The molecule has 132 valence electrons. The predicted molar refractivity (Wildman–Crippen MR) is 101 cm³/mol. The molecular weight excluding hydrogens is 324 g/mol. The lowest BCUT2D eigenvalue weighted by molar-refractivity contribution is -0.378. The standard InChI is InChI=1S/C22H22N2O2/c1-16-5-10-21(12-17(16)2)26-15-18-6-8-20(9-7-18)22(25)24-14-19-4-3-11-23-13-19/h3-13H,14-15H2,1-2H3,(H,24,25)/p+1. The first-order valence-corrected chi connectivity index (χ1v) is 8.64. The summed E-state index contributed by atoms with van der Waals surface area (Å²) in [7, 11) is 0. The second kappa shape index (κ2) is 8.30. The van der Waals surface area contributed by atoms with Crippen molar-refractivity contribution in [3.63, 3.8) is 0 Å². The fourth-order valence-corrected chi connectivity index (χ4v) is 2.55. The molecule has 4 nitrogen and oxygen atoms in total. The Morgan fingerprint density at radius 3 is 2.50 bits per heavy atom. The first-order chi connectivity index (χ1) is 12.6. The Morgan fingerprint density at radius 1 is 1.00 bits per heavy atom. The molecule has 2 N–H and O–H groups in total. The molecule has 0 bridgehead atoms. The van der Waals surface area contributed by atoms with Crippen LogP contribution in [0.4, 0.5) is 0 Å². The summed E-state index contributed by atoms with van der Waals surface area (Å²) in [5.74, 6) is 0.769. The Kier molecular flexibility index (Phi) is 5.64. The second-order valence-corrected chi connectivity index (χ2v) is 6.33. The minimum Gasteiger partial charge on any atom is -0.489 e. The monoisotopic (exact) mass is 347 g/mol. The number of amides is 1. The van der Waals surface area contributed by atoms with Gasteiger partial charge in [0.2, 0.25) is 0 Å². The molecule has 0 spiro atoms. The van der Waals surface area contributed by atoms with Crippen molar-refractivity contribution >= 4 is 5.91 Å². The Balaban J connectivity index is 1.54. The third-order valence-corrected chi connectivity index (χ3v) is 4.32. The van der Waals surface area contributed by atoms with Crippen LogP contribution in [-0.4, -0.2) is 5.91 Å². The number of carbonyl (C=O) groups excluding carboxylic acids is 1. The fraction of sp³-hybridized carbons (Fsp3) is 0.182. The van der Waals surface area contributed by atoms with E-state index in [1.807, 2.05) is 60.9 Å². The van der Waals surface area contributed by atoms with E-state index in [2.05, 4.69) is 30.2 Å². The van der Waals surface area contributed by atoms with Gasteiger partial charge in [0.05, 0.1) is 0 Å². The van der Waals surface area contributed by atoms with Crippen LogP contribution < -0.4 is 15.0 Å². The van der Waals surface area contributed by atoms with Gasteiger partial charge >= 0.3 is 0 Å². The highest BCUT2D eigenvalue weighted by Gasteiger charge is 2.06. The number of aromatic amines is 1. The van der Waals surface area contributed by atoms with Gasteiger partial charge in [0.15, 0.2) is 12.4 Å². The molecule has 0 atom stereocenters. The van der Waals surface area contributed by atoms with Gasteiger partial charge < -0.3 is 10.1 Å². The number of aromatic nitrogens is 1. The molecule has 1 aromatic heterocycles. The summed E-state index contributed by atoms with van der Waals surface area (Å²) in [5, 5.41) is 2.91. The van der Waals surface area contributed by atoms with Gasteiger partial charge in [-0.1, -0.05) is 18.2 Å². The number of benzene rings is 2. The molecule has 0 aliphatic carbocycles. The molecule has 1 amide bonds. The van der Waals surface area contributed by atoms with Gasteiger partial charge in [-0.3, -0.25) is 4.79 Å². The molecule has 0 fully saturated rings. The van der Waals surface area contributed by atoms with Crippen molar-refractivity contribution in [2.45, 2.75) is 27.0 Å². The molecule has 4 heteroatoms. The number of H-pyrrole nitrogens is 1. The third kappa shape index (κ3) is 4.70. The fourth-order valence-electron chi connectivity index (χ4n) is 2.55. The van der Waals surface area contributed by atoms with Crippen molar-refractivity contribution < 1.29 is 14.5 Å². The average Bonchev–Trinajstić information content (AvgIpc) is 2.68. The lowest BCUT2D eigenvalue weighted by Gasteiger charge is -2.09. The number of hydrogen-bond donors (Lipinski definition) is 1. The molecule has 0 unspecified atom stereocenters. The summed E-state index contributed by atoms with van der Waals surface area (Å²) in [6.07, 6.45) is 3.71. The zero-order chi connectivity index (χ0) is 18.4. The number of hydrogen-bond acceptors (Lipinski definition) is 2. The number of nitrogens with one attached hydrogen (secondary N) is 2. The van der Waals surface area contributed by atoms with E-state index in [0.29, 0.717) is 18.7 Å². The zero-order valence-corrected chi connectivity index (χ0v) is 15.1. The van der Waals surface area contributed by atoms with E-state index >= 15 is 0 Å². The summed E-state index contributed by atoms with van der Waals surface area (Å²) in [6.45, 7) is 5.13. The lowest BCUT2D eigenvalue weighted by Crippen LogP contribution is -2.23. The van der Waals surface area contributed by atoms with Gasteiger partial charge in [0.1, 0.15) is 12.4 Å². The van der Waals surface area contributed by atoms with E-state index < -0.39 is 0 Å². The molecule has 0 aliphatic heterocycles. The van der Waals surface area contributed by atoms with E-state index in [1.54, 1.807) is 0 Å². The van der Waals surface area contributed by atoms with Crippen LogP contribution in [0.15, 0.2) is 67.0 Å². The molecule has 0 saturated heterocycles. The van der Waals surface area contributed by atoms with Gasteiger partial charge in [0, 0.05) is 23.7 Å². The van der Waals surface area contributed by atoms with Crippen LogP contribution >= 0.6 is 0 Å². The Bertz CT molecular complexity index is 874. The summed E-state index contributed by atoms with van der Waals surface area (Å²) in [6, 6.07) is 17.4. The molecule has 3 rings (SSSR count). The van der Waals surface area contributed by atoms with Crippen LogP contribution in [0.25, 0.3) is 0 Å². The van der Waals surface area contributed by atoms with Crippen molar-refractivity contribution in [1.29, 1.82) is 0 Å². The first-order valence-electron chi connectivity index (χ1n) is 8.64. The van der Waals surface area contributed by atoms with E-state index in [9.17, 15) is 4.79 Å². The van der Waals surface area contributed by atoms with Crippen LogP contribution in [0.3, 0.4) is 0 Å². The van der Waals surface area contributed by atoms with Crippen molar-refractivity contribution in [2.24, 2.45) is 0 Å². The summed E-state index contributed by atoms with van der Waals surface area (Å²) >= 11 is 0. The highest BCUT2D eigenvalue weighted by Crippen LogP contribution is 2.18. The molecule has 0 saturated carbocycles. The van der Waals surface area contributed by atoms with Crippen LogP contribution in [0.2, 0.25) is 0 Å². The molecule has 0 aliphatic rings. The maximum Gasteiger partial charge on any atom is 0.251 e. The van der Waals surface area contributed by atoms with E-state index in [-0.39, 0.29) is 5.91 Å². The van der Waals surface area contributed by atoms with Gasteiger partial charge in [-0.05, 0) is 60.9 Å². The van der Waals surface area contributed by atoms with Crippen LogP contribution in [0.5, 0.6) is 5.75 Å². The van der Waals surface area contributed by atoms with Crippen molar-refractivity contribution in [1.82, 2.24) is 5.32 Å². The minimum absolute atomic E-state index is 0.0875. The summed E-state index contributed by atoms with van der Waals surface area (Å²) < 4.78 is 5.83. The second-order valence-electron chi connectivity index (χ2n) is 6.33. The Hall–Kier alpha value is -3.14. The van der Waals surface area contributed by atoms with Gasteiger partial charge in [-0.15, -0.1) is 0 Å². The Labute approximate surface area is 153 Å². The predicted octanol–water partition coefficient (Wildman–Crippen LogP) is 3.63.